The maximum Gasteiger partial charge on any atom is 0.214 e. The lowest BCUT2D eigenvalue weighted by Gasteiger charge is -2.24. The van der Waals surface area contributed by atoms with Gasteiger partial charge in [-0.2, -0.15) is 0 Å². The first-order valence-corrected chi connectivity index (χ1v) is 9.47. The highest BCUT2D eigenvalue weighted by molar-refractivity contribution is 7.89. The Balaban J connectivity index is 1.60. The van der Waals surface area contributed by atoms with Crippen LogP contribution in [0.4, 0.5) is 0 Å². The maximum atomic E-state index is 12.5. The molecule has 0 amide bonds. The van der Waals surface area contributed by atoms with Gasteiger partial charge in [-0.05, 0) is 44.1 Å². The van der Waals surface area contributed by atoms with Crippen LogP contribution in [0.3, 0.4) is 0 Å². The van der Waals surface area contributed by atoms with Crippen molar-refractivity contribution in [2.24, 2.45) is 11.8 Å². The van der Waals surface area contributed by atoms with Crippen LogP contribution in [0.2, 0.25) is 0 Å². The van der Waals surface area contributed by atoms with Gasteiger partial charge in [0.05, 0.1) is 5.75 Å². The van der Waals surface area contributed by atoms with E-state index >= 15 is 0 Å². The lowest BCUT2D eigenvalue weighted by Crippen LogP contribution is -2.41. The molecule has 1 saturated carbocycles. The van der Waals surface area contributed by atoms with Crippen molar-refractivity contribution in [3.63, 3.8) is 0 Å². The van der Waals surface area contributed by atoms with Crippen LogP contribution >= 0.6 is 0 Å². The Bertz CT molecular complexity index is 390. The molecule has 3 fully saturated rings. The molecule has 0 unspecified atom stereocenters. The van der Waals surface area contributed by atoms with Gasteiger partial charge in [-0.15, -0.1) is 0 Å². The van der Waals surface area contributed by atoms with E-state index in [0.29, 0.717) is 30.2 Å². The quantitative estimate of drug-likeness (QED) is 0.857. The molecule has 0 bridgehead atoms. The van der Waals surface area contributed by atoms with Crippen molar-refractivity contribution in [1.29, 1.82) is 0 Å². The predicted octanol–water partition coefficient (Wildman–Crippen LogP) is 1.58. The van der Waals surface area contributed by atoms with Crippen molar-refractivity contribution in [3.05, 3.63) is 0 Å². The molecule has 1 N–H and O–H groups in total. The lowest BCUT2D eigenvalue weighted by atomic mass is 9.91. The zero-order valence-corrected chi connectivity index (χ0v) is 12.5. The summed E-state index contributed by atoms with van der Waals surface area (Å²) in [6.07, 6.45) is 8.31. The van der Waals surface area contributed by atoms with E-state index in [9.17, 15) is 8.42 Å². The summed E-state index contributed by atoms with van der Waals surface area (Å²) in [5, 5.41) is 3.48. The third-order valence-corrected chi connectivity index (χ3v) is 7.11. The minimum absolute atomic E-state index is 0.395. The average molecular weight is 286 g/mol. The van der Waals surface area contributed by atoms with Crippen LogP contribution in [0, 0.1) is 11.8 Å². The number of piperidine rings is 1. The summed E-state index contributed by atoms with van der Waals surface area (Å²) in [5.74, 6) is 1.36. The smallest absolute Gasteiger partial charge is 0.214 e. The van der Waals surface area contributed by atoms with Crippen LogP contribution in [-0.2, 0) is 10.0 Å². The van der Waals surface area contributed by atoms with Gasteiger partial charge in [-0.1, -0.05) is 19.3 Å². The fourth-order valence-electron chi connectivity index (χ4n) is 3.99. The molecule has 2 heterocycles. The van der Waals surface area contributed by atoms with Crippen LogP contribution in [0.25, 0.3) is 0 Å². The Morgan fingerprint density at radius 3 is 2.53 bits per heavy atom. The molecule has 3 aliphatic rings. The van der Waals surface area contributed by atoms with E-state index in [-0.39, 0.29) is 0 Å². The van der Waals surface area contributed by atoms with Gasteiger partial charge in [0.2, 0.25) is 10.0 Å². The molecule has 5 heteroatoms. The Morgan fingerprint density at radius 2 is 1.79 bits per heavy atom. The van der Waals surface area contributed by atoms with Gasteiger partial charge in [0.15, 0.2) is 0 Å². The van der Waals surface area contributed by atoms with E-state index < -0.39 is 10.0 Å². The normalized spacial score (nSPS) is 34.3. The minimum atomic E-state index is -3.02. The molecule has 1 aliphatic carbocycles. The number of fused-ring (bicyclic) bond motifs is 1. The zero-order chi connectivity index (χ0) is 13.3. The fourth-order valence-corrected chi connectivity index (χ4v) is 5.94. The first kappa shape index (κ1) is 13.8. The van der Waals surface area contributed by atoms with Crippen molar-refractivity contribution >= 4 is 10.0 Å². The standard InChI is InChI=1S/C14H26N2O2S/c17-19(18,11-12-5-2-1-3-6-12)16-9-13-7-4-8-15-14(13)10-16/h12-15H,1-11H2/t13-,14+/m0/s1. The summed E-state index contributed by atoms with van der Waals surface area (Å²) in [4.78, 5) is 0. The number of nitrogens with zero attached hydrogens (tertiary/aromatic N) is 1. The molecule has 3 rings (SSSR count). The highest BCUT2D eigenvalue weighted by Gasteiger charge is 2.40. The molecule has 0 spiro atoms. The predicted molar refractivity (Wildman–Crippen MR) is 76.4 cm³/mol. The van der Waals surface area contributed by atoms with E-state index in [0.717, 1.165) is 25.9 Å². The van der Waals surface area contributed by atoms with E-state index in [4.69, 9.17) is 0 Å². The van der Waals surface area contributed by atoms with Crippen LogP contribution < -0.4 is 5.32 Å². The number of rotatable bonds is 3. The molecule has 2 atom stereocenters. The number of nitrogens with one attached hydrogen (secondary N) is 1. The zero-order valence-electron chi connectivity index (χ0n) is 11.7. The van der Waals surface area contributed by atoms with E-state index in [1.165, 1.54) is 32.1 Å². The summed E-state index contributed by atoms with van der Waals surface area (Å²) >= 11 is 0. The van der Waals surface area contributed by atoms with Crippen LogP contribution in [0.5, 0.6) is 0 Å². The highest BCUT2D eigenvalue weighted by atomic mass is 32.2. The van der Waals surface area contributed by atoms with Gasteiger partial charge < -0.3 is 5.32 Å². The Morgan fingerprint density at radius 1 is 1.00 bits per heavy atom. The molecule has 110 valence electrons. The Labute approximate surface area is 117 Å². The second-order valence-electron chi connectivity index (χ2n) is 6.56. The van der Waals surface area contributed by atoms with Crippen molar-refractivity contribution in [1.82, 2.24) is 9.62 Å². The average Bonchev–Trinajstić information content (AvgIpc) is 2.84. The summed E-state index contributed by atoms with van der Waals surface area (Å²) in [6, 6.07) is 0.412. The number of hydrogen-bond acceptors (Lipinski definition) is 3. The second kappa shape index (κ2) is 5.70. The second-order valence-corrected chi connectivity index (χ2v) is 8.58. The third-order valence-electron chi connectivity index (χ3n) is 5.13. The molecule has 19 heavy (non-hydrogen) atoms. The summed E-state index contributed by atoms with van der Waals surface area (Å²) in [7, 11) is -3.02. The highest BCUT2D eigenvalue weighted by Crippen LogP contribution is 2.30. The third kappa shape index (κ3) is 3.14. The van der Waals surface area contributed by atoms with Crippen LogP contribution in [0.1, 0.15) is 44.9 Å². The van der Waals surface area contributed by atoms with Crippen molar-refractivity contribution in [2.45, 2.75) is 51.0 Å². The minimum Gasteiger partial charge on any atom is -0.312 e. The van der Waals surface area contributed by atoms with E-state index in [1.807, 2.05) is 0 Å². The van der Waals surface area contributed by atoms with Gasteiger partial charge in [0, 0.05) is 19.1 Å². The molecule has 0 radical (unpaired) electrons. The summed E-state index contributed by atoms with van der Waals surface area (Å²) in [6.45, 7) is 2.52. The fraction of sp³-hybridized carbons (Fsp3) is 1.00. The molecule has 2 saturated heterocycles. The van der Waals surface area contributed by atoms with Gasteiger partial charge in [-0.25, -0.2) is 12.7 Å². The molecule has 0 aromatic heterocycles. The summed E-state index contributed by atoms with van der Waals surface area (Å²) < 4.78 is 26.9. The van der Waals surface area contributed by atoms with Crippen molar-refractivity contribution in [3.8, 4) is 0 Å². The molecular formula is C14H26N2O2S. The molecule has 0 aromatic carbocycles. The monoisotopic (exact) mass is 286 g/mol. The van der Waals surface area contributed by atoms with Crippen LogP contribution in [-0.4, -0.2) is 44.2 Å². The van der Waals surface area contributed by atoms with Gasteiger partial charge in [0.1, 0.15) is 0 Å². The van der Waals surface area contributed by atoms with Crippen LogP contribution in [0.15, 0.2) is 0 Å². The first-order chi connectivity index (χ1) is 9.15. The topological polar surface area (TPSA) is 49.4 Å². The van der Waals surface area contributed by atoms with E-state index in [2.05, 4.69) is 5.32 Å². The Kier molecular flexibility index (Phi) is 4.15. The van der Waals surface area contributed by atoms with Crippen molar-refractivity contribution < 1.29 is 8.42 Å². The molecule has 2 aliphatic heterocycles. The Hall–Kier alpha value is -0.130. The van der Waals surface area contributed by atoms with Gasteiger partial charge in [0.25, 0.3) is 0 Å². The summed E-state index contributed by atoms with van der Waals surface area (Å²) in [5.41, 5.74) is 0. The molecule has 0 aromatic rings. The maximum absolute atomic E-state index is 12.5. The lowest BCUT2D eigenvalue weighted by molar-refractivity contribution is 0.339. The van der Waals surface area contributed by atoms with Crippen molar-refractivity contribution in [2.75, 3.05) is 25.4 Å². The van der Waals surface area contributed by atoms with Gasteiger partial charge >= 0.3 is 0 Å². The first-order valence-electron chi connectivity index (χ1n) is 7.86. The van der Waals surface area contributed by atoms with Gasteiger partial charge in [-0.3, -0.25) is 0 Å². The SMILES string of the molecule is O=S(=O)(CC1CCCCC1)N1C[C@@H]2CCCN[C@@H]2C1. The number of hydrogen-bond donors (Lipinski definition) is 1. The largest absolute Gasteiger partial charge is 0.312 e. The molecular weight excluding hydrogens is 260 g/mol. The van der Waals surface area contributed by atoms with E-state index in [1.54, 1.807) is 4.31 Å². The molecule has 4 nitrogen and oxygen atoms in total. The number of sulfonamides is 1.